The Morgan fingerprint density at radius 1 is 1.55 bits per heavy atom. The number of hydrogen-bond donors (Lipinski definition) is 0. The molecule has 0 N–H and O–H groups in total. The zero-order valence-electron chi connectivity index (χ0n) is 6.00. The third kappa shape index (κ3) is 2.81. The second-order valence-electron chi connectivity index (χ2n) is 1.79. The van der Waals surface area contributed by atoms with Crippen LogP contribution in [0.5, 0.6) is 0 Å². The summed E-state index contributed by atoms with van der Waals surface area (Å²) in [6, 6.07) is 9.87. The van der Waals surface area contributed by atoms with Crippen LogP contribution in [0.1, 0.15) is 5.56 Å². The van der Waals surface area contributed by atoms with Crippen molar-refractivity contribution in [1.82, 2.24) is 0 Å². The van der Waals surface area contributed by atoms with Gasteiger partial charge in [0.15, 0.2) is 0 Å². The molecule has 3 heteroatoms. The number of methoxy groups -OCH3 is 1. The van der Waals surface area contributed by atoms with Crippen LogP contribution >= 0.6 is 0 Å². The van der Waals surface area contributed by atoms with Crippen molar-refractivity contribution >= 4 is 5.90 Å². The van der Waals surface area contributed by atoms with Crippen LogP contribution in [0.4, 0.5) is 0 Å². The Kier molecular flexibility index (Phi) is 4.72. The average Bonchev–Trinajstić information content (AvgIpc) is 2.05. The van der Waals surface area contributed by atoms with Gasteiger partial charge in [0.1, 0.15) is 0 Å². The molecule has 1 rings (SSSR count). The molecule has 0 heterocycles. The SMILES string of the molecule is COC(=[N-])c1[c-]cccc1.[Rh+2]. The zero-order chi connectivity index (χ0) is 7.40. The Morgan fingerprint density at radius 3 is 2.73 bits per heavy atom. The maximum atomic E-state index is 8.99. The Labute approximate surface area is 78.8 Å². The molecule has 11 heavy (non-hydrogen) atoms. The molecule has 0 saturated heterocycles. The third-order valence-corrected chi connectivity index (χ3v) is 1.13. The molecule has 0 aliphatic carbocycles. The molecule has 0 fully saturated rings. The van der Waals surface area contributed by atoms with Gasteiger partial charge in [-0.3, -0.25) is 0 Å². The fraction of sp³-hybridized carbons (Fsp3) is 0.125. The molecule has 0 aromatic heterocycles. The smallest absolute Gasteiger partial charge is 0.824 e. The van der Waals surface area contributed by atoms with Crippen molar-refractivity contribution in [2.75, 3.05) is 7.11 Å². The molecular formula is C8H7NORh. The molecule has 0 saturated carbocycles. The summed E-state index contributed by atoms with van der Waals surface area (Å²) in [6.45, 7) is 0. The molecule has 0 aliphatic rings. The van der Waals surface area contributed by atoms with Gasteiger partial charge < -0.3 is 10.1 Å². The fourth-order valence-electron chi connectivity index (χ4n) is 0.636. The van der Waals surface area contributed by atoms with Crippen molar-refractivity contribution in [2.45, 2.75) is 0 Å². The predicted octanol–water partition coefficient (Wildman–Crippen LogP) is 1.45. The maximum absolute atomic E-state index is 8.99. The van der Waals surface area contributed by atoms with Crippen molar-refractivity contribution in [1.29, 1.82) is 0 Å². The van der Waals surface area contributed by atoms with Crippen LogP contribution in [0.25, 0.3) is 5.41 Å². The van der Waals surface area contributed by atoms with E-state index in [4.69, 9.17) is 5.41 Å². The number of ether oxygens (including phenoxy) is 1. The number of nitrogens with zero attached hydrogens (tertiary/aromatic N) is 1. The molecule has 0 bridgehead atoms. The molecule has 59 valence electrons. The first-order valence-corrected chi connectivity index (χ1v) is 2.91. The minimum Gasteiger partial charge on any atom is -0.824 e. The van der Waals surface area contributed by atoms with Gasteiger partial charge in [0.2, 0.25) is 0 Å². The van der Waals surface area contributed by atoms with E-state index in [1.807, 2.05) is 6.07 Å². The van der Waals surface area contributed by atoms with Crippen LogP contribution in [-0.2, 0) is 24.2 Å². The van der Waals surface area contributed by atoms with Crippen molar-refractivity contribution in [3.8, 4) is 0 Å². The summed E-state index contributed by atoms with van der Waals surface area (Å²) >= 11 is 0. The quantitative estimate of drug-likeness (QED) is 0.314. The summed E-state index contributed by atoms with van der Waals surface area (Å²) in [7, 11) is 1.41. The molecule has 0 unspecified atom stereocenters. The Balaban J connectivity index is 0.000001000. The van der Waals surface area contributed by atoms with Crippen LogP contribution in [0.15, 0.2) is 24.3 Å². The predicted molar refractivity (Wildman–Crippen MR) is 39.8 cm³/mol. The van der Waals surface area contributed by atoms with Gasteiger partial charge >= 0.3 is 19.5 Å². The number of rotatable bonds is 1. The molecule has 0 aliphatic heterocycles. The van der Waals surface area contributed by atoms with Crippen LogP contribution in [0.2, 0.25) is 0 Å². The summed E-state index contributed by atoms with van der Waals surface area (Å²) < 4.78 is 4.58. The molecule has 2 nitrogen and oxygen atoms in total. The monoisotopic (exact) mass is 236 g/mol. The van der Waals surface area contributed by atoms with Gasteiger partial charge in [0.05, 0.1) is 7.11 Å². The number of hydrogen-bond acceptors (Lipinski definition) is 1. The van der Waals surface area contributed by atoms with Crippen molar-refractivity contribution in [2.24, 2.45) is 0 Å². The molecule has 1 aromatic rings. The van der Waals surface area contributed by atoms with Crippen LogP contribution in [0, 0.1) is 6.07 Å². The minimum atomic E-state index is -0.0967. The van der Waals surface area contributed by atoms with Crippen molar-refractivity contribution in [3.63, 3.8) is 0 Å². The summed E-state index contributed by atoms with van der Waals surface area (Å²) in [6.07, 6.45) is 0. The van der Waals surface area contributed by atoms with Gasteiger partial charge in [-0.1, -0.05) is 5.90 Å². The van der Waals surface area contributed by atoms with E-state index in [1.165, 1.54) is 7.11 Å². The Morgan fingerprint density at radius 2 is 2.27 bits per heavy atom. The molecule has 0 spiro atoms. The zero-order valence-corrected chi connectivity index (χ0v) is 7.64. The summed E-state index contributed by atoms with van der Waals surface area (Å²) in [5.41, 5.74) is 0.574. The Bertz CT molecular complexity index is 223. The van der Waals surface area contributed by atoms with Gasteiger partial charge in [0, 0.05) is 0 Å². The number of benzene rings is 1. The van der Waals surface area contributed by atoms with Gasteiger partial charge in [0.25, 0.3) is 0 Å². The van der Waals surface area contributed by atoms with Gasteiger partial charge in [-0.25, -0.2) is 0 Å². The minimum absolute atomic E-state index is 0. The van der Waals surface area contributed by atoms with E-state index in [-0.39, 0.29) is 25.4 Å². The fourth-order valence-corrected chi connectivity index (χ4v) is 0.636. The first-order valence-electron chi connectivity index (χ1n) is 2.91. The topological polar surface area (TPSA) is 31.5 Å². The van der Waals surface area contributed by atoms with Gasteiger partial charge in [-0.05, 0) is 0 Å². The van der Waals surface area contributed by atoms with Crippen LogP contribution in [0.3, 0.4) is 0 Å². The first kappa shape index (κ1) is 10.3. The molecule has 1 radical (unpaired) electrons. The summed E-state index contributed by atoms with van der Waals surface area (Å²) in [4.78, 5) is 0. The van der Waals surface area contributed by atoms with E-state index >= 15 is 0 Å². The van der Waals surface area contributed by atoms with E-state index in [0.717, 1.165) is 0 Å². The van der Waals surface area contributed by atoms with Gasteiger partial charge in [-0.2, -0.15) is 0 Å². The van der Waals surface area contributed by atoms with E-state index in [0.29, 0.717) is 5.56 Å². The molecule has 0 amide bonds. The van der Waals surface area contributed by atoms with Crippen molar-refractivity contribution < 1.29 is 24.2 Å². The normalized spacial score (nSPS) is 8.09. The van der Waals surface area contributed by atoms with E-state index in [1.54, 1.807) is 18.2 Å². The standard InChI is InChI=1S/C8H7NO.Rh/c1-10-8(9)7-5-3-2-4-6-7;/h2-5H,1H3;/q-2;+2. The summed E-state index contributed by atoms with van der Waals surface area (Å²) in [5, 5.41) is 8.99. The van der Waals surface area contributed by atoms with Crippen LogP contribution < -0.4 is 0 Å². The second kappa shape index (κ2) is 5.03. The summed E-state index contributed by atoms with van der Waals surface area (Å²) in [5.74, 6) is -0.0967. The molecule has 0 atom stereocenters. The Hall–Kier alpha value is -0.687. The van der Waals surface area contributed by atoms with Crippen LogP contribution in [-0.4, -0.2) is 13.0 Å². The van der Waals surface area contributed by atoms with E-state index < -0.39 is 0 Å². The second-order valence-corrected chi connectivity index (χ2v) is 1.79. The largest absolute Gasteiger partial charge is 2.00 e. The van der Waals surface area contributed by atoms with E-state index in [2.05, 4.69) is 10.8 Å². The first-order chi connectivity index (χ1) is 4.84. The van der Waals surface area contributed by atoms with Gasteiger partial charge in [-0.15, -0.1) is 35.9 Å². The molecule has 1 aromatic carbocycles. The molecular weight excluding hydrogens is 229 g/mol. The maximum Gasteiger partial charge on any atom is 2.00 e. The third-order valence-electron chi connectivity index (χ3n) is 1.13. The van der Waals surface area contributed by atoms with E-state index in [9.17, 15) is 0 Å². The van der Waals surface area contributed by atoms with Crippen molar-refractivity contribution in [3.05, 3.63) is 41.3 Å². The average molecular weight is 236 g/mol.